The number of rotatable bonds is 2. The molecule has 0 aliphatic carbocycles. The van der Waals surface area contributed by atoms with Gasteiger partial charge in [-0.3, -0.25) is 9.59 Å². The Morgan fingerprint density at radius 1 is 1.47 bits per heavy atom. The average Bonchev–Trinajstić information content (AvgIpc) is 2.40. The molecule has 4 nitrogen and oxygen atoms in total. The predicted molar refractivity (Wildman–Crippen MR) is 68.2 cm³/mol. The number of hydrogen-bond acceptors (Lipinski definition) is 5. The third-order valence-electron chi connectivity index (χ3n) is 2.37. The van der Waals surface area contributed by atoms with E-state index in [2.05, 4.69) is 5.32 Å². The molecule has 0 spiro atoms. The maximum atomic E-state index is 11.7. The minimum absolute atomic E-state index is 0.00231. The zero-order valence-electron chi connectivity index (χ0n) is 9.19. The quantitative estimate of drug-likeness (QED) is 0.786. The van der Waals surface area contributed by atoms with Crippen LogP contribution in [0, 0.1) is 0 Å². The fraction of sp³-hybridized carbons (Fsp3) is 0.167. The van der Waals surface area contributed by atoms with Crippen LogP contribution in [0.1, 0.15) is 18.9 Å². The number of nitrogens with one attached hydrogen (secondary N) is 1. The van der Waals surface area contributed by atoms with Crippen molar-refractivity contribution in [1.82, 2.24) is 0 Å². The van der Waals surface area contributed by atoms with E-state index in [9.17, 15) is 14.7 Å². The van der Waals surface area contributed by atoms with Crippen molar-refractivity contribution in [3.8, 4) is 5.75 Å². The van der Waals surface area contributed by atoms with Gasteiger partial charge in [0.15, 0.2) is 5.12 Å². The number of anilines is 1. The van der Waals surface area contributed by atoms with Gasteiger partial charge in [-0.25, -0.2) is 0 Å². The van der Waals surface area contributed by atoms with Crippen molar-refractivity contribution >= 4 is 28.6 Å². The lowest BCUT2D eigenvalue weighted by Crippen LogP contribution is -2.08. The van der Waals surface area contributed by atoms with Crippen LogP contribution in [0.25, 0.3) is 6.08 Å². The molecule has 0 atom stereocenters. The minimum Gasteiger partial charge on any atom is -0.507 e. The molecule has 5 heteroatoms. The summed E-state index contributed by atoms with van der Waals surface area (Å²) < 4.78 is 0. The summed E-state index contributed by atoms with van der Waals surface area (Å²) in [5, 5.41) is 12.6. The highest BCUT2D eigenvalue weighted by atomic mass is 32.2. The number of hydrogen-bond donors (Lipinski definition) is 2. The van der Waals surface area contributed by atoms with Gasteiger partial charge in [0.25, 0.3) is 0 Å². The lowest BCUT2D eigenvalue weighted by Gasteiger charge is -2.12. The molecule has 1 aromatic carbocycles. The molecule has 0 saturated heterocycles. The number of carbonyl (C=O) groups excluding carboxylic acids is 1. The lowest BCUT2D eigenvalue weighted by molar-refractivity contribution is -0.110. The van der Waals surface area contributed by atoms with E-state index in [0.29, 0.717) is 22.6 Å². The van der Waals surface area contributed by atoms with Gasteiger partial charge in [-0.05, 0) is 30.0 Å². The molecule has 0 unspecified atom stereocenters. The smallest absolute Gasteiger partial charge is 0.203 e. The maximum absolute atomic E-state index is 11.7. The first-order valence-electron chi connectivity index (χ1n) is 5.17. The topological polar surface area (TPSA) is 66.4 Å². The molecule has 0 radical (unpaired) electrons. The lowest BCUT2D eigenvalue weighted by atomic mass is 10.2. The fourth-order valence-corrected chi connectivity index (χ4v) is 2.40. The average molecular weight is 249 g/mol. The van der Waals surface area contributed by atoms with Crippen LogP contribution in [-0.2, 0) is 4.79 Å². The fourth-order valence-electron chi connectivity index (χ4n) is 1.49. The van der Waals surface area contributed by atoms with E-state index in [1.165, 1.54) is 12.1 Å². The molecule has 1 heterocycles. The van der Waals surface area contributed by atoms with Gasteiger partial charge in [0, 0.05) is 18.2 Å². The molecule has 0 aromatic heterocycles. The van der Waals surface area contributed by atoms with E-state index in [1.54, 1.807) is 19.2 Å². The SMILES string of the molecule is CCC(=O)Sc1c2c(O)ccc(=O)c1NC=C2. The predicted octanol–water partition coefficient (Wildman–Crippen LogP) is 2.18. The normalized spacial score (nSPS) is 12.1. The van der Waals surface area contributed by atoms with Crippen molar-refractivity contribution in [3.63, 3.8) is 0 Å². The van der Waals surface area contributed by atoms with Gasteiger partial charge in [-0.2, -0.15) is 0 Å². The molecule has 0 saturated carbocycles. The Labute approximate surface area is 102 Å². The summed E-state index contributed by atoms with van der Waals surface area (Å²) in [7, 11) is 0. The molecule has 2 rings (SSSR count). The zero-order valence-corrected chi connectivity index (χ0v) is 10.0. The van der Waals surface area contributed by atoms with E-state index in [-0.39, 0.29) is 16.3 Å². The van der Waals surface area contributed by atoms with E-state index in [0.717, 1.165) is 11.8 Å². The molecule has 2 bridgehead atoms. The summed E-state index contributed by atoms with van der Waals surface area (Å²) in [6, 6.07) is 2.63. The first-order valence-corrected chi connectivity index (χ1v) is 5.99. The second kappa shape index (κ2) is 4.63. The molecule has 17 heavy (non-hydrogen) atoms. The summed E-state index contributed by atoms with van der Waals surface area (Å²) in [6.07, 6.45) is 3.60. The van der Waals surface area contributed by atoms with Gasteiger partial charge < -0.3 is 10.4 Å². The van der Waals surface area contributed by atoms with Crippen LogP contribution in [0.4, 0.5) is 5.69 Å². The molecule has 1 aromatic rings. The Kier molecular flexibility index (Phi) is 3.19. The zero-order chi connectivity index (χ0) is 12.4. The molecule has 2 N–H and O–H groups in total. The number of carbonyl (C=O) groups is 1. The second-order valence-electron chi connectivity index (χ2n) is 3.51. The van der Waals surface area contributed by atoms with Crippen LogP contribution in [-0.4, -0.2) is 10.2 Å². The third-order valence-corrected chi connectivity index (χ3v) is 3.51. The Bertz CT molecular complexity index is 566. The first-order chi connectivity index (χ1) is 8.13. The van der Waals surface area contributed by atoms with Crippen molar-refractivity contribution in [3.05, 3.63) is 34.1 Å². The number of thioether (sulfide) groups is 1. The van der Waals surface area contributed by atoms with E-state index >= 15 is 0 Å². The van der Waals surface area contributed by atoms with Crippen molar-refractivity contribution < 1.29 is 9.90 Å². The Morgan fingerprint density at radius 2 is 2.24 bits per heavy atom. The van der Waals surface area contributed by atoms with Crippen LogP contribution in [0.15, 0.2) is 28.0 Å². The second-order valence-corrected chi connectivity index (χ2v) is 4.57. The summed E-state index contributed by atoms with van der Waals surface area (Å²) in [6.45, 7) is 1.75. The number of aromatic hydroxyl groups is 1. The van der Waals surface area contributed by atoms with Crippen LogP contribution < -0.4 is 10.7 Å². The van der Waals surface area contributed by atoms with Gasteiger partial charge in [-0.15, -0.1) is 0 Å². The molecular weight excluding hydrogens is 238 g/mol. The van der Waals surface area contributed by atoms with Gasteiger partial charge in [0.1, 0.15) is 11.4 Å². The molecular formula is C12H11NO3S. The van der Waals surface area contributed by atoms with E-state index < -0.39 is 0 Å². The highest BCUT2D eigenvalue weighted by molar-refractivity contribution is 8.13. The molecule has 0 fully saturated rings. The molecule has 1 aliphatic rings. The first kappa shape index (κ1) is 11.7. The van der Waals surface area contributed by atoms with E-state index in [4.69, 9.17) is 0 Å². The summed E-state index contributed by atoms with van der Waals surface area (Å²) in [5.74, 6) is -0.00231. The summed E-state index contributed by atoms with van der Waals surface area (Å²) in [4.78, 5) is 23.7. The summed E-state index contributed by atoms with van der Waals surface area (Å²) in [5.41, 5.74) is 0.601. The van der Waals surface area contributed by atoms with Crippen LogP contribution >= 0.6 is 11.8 Å². The largest absolute Gasteiger partial charge is 0.507 e. The van der Waals surface area contributed by atoms with E-state index in [1.807, 2.05) is 0 Å². The molecule has 1 aliphatic heterocycles. The van der Waals surface area contributed by atoms with Gasteiger partial charge in [0.2, 0.25) is 5.43 Å². The van der Waals surface area contributed by atoms with Crippen LogP contribution in [0.3, 0.4) is 0 Å². The van der Waals surface area contributed by atoms with Crippen LogP contribution in [0.5, 0.6) is 5.75 Å². The van der Waals surface area contributed by atoms with Gasteiger partial charge in [0.05, 0.1) is 4.90 Å². The van der Waals surface area contributed by atoms with Gasteiger partial charge in [-0.1, -0.05) is 6.92 Å². The van der Waals surface area contributed by atoms with Crippen molar-refractivity contribution in [2.24, 2.45) is 0 Å². The maximum Gasteiger partial charge on any atom is 0.203 e. The Morgan fingerprint density at radius 3 is 2.94 bits per heavy atom. The minimum atomic E-state index is -0.248. The summed E-state index contributed by atoms with van der Waals surface area (Å²) >= 11 is 0.982. The third kappa shape index (κ3) is 2.19. The highest BCUT2D eigenvalue weighted by Gasteiger charge is 2.18. The number of fused-ring (bicyclic) bond motifs is 2. The molecule has 88 valence electrons. The Balaban J connectivity index is 2.66. The Hall–Kier alpha value is -1.75. The van der Waals surface area contributed by atoms with Crippen LogP contribution in [0.2, 0.25) is 0 Å². The van der Waals surface area contributed by atoms with Crippen molar-refractivity contribution in [2.45, 2.75) is 18.2 Å². The van der Waals surface area contributed by atoms with Crippen molar-refractivity contribution in [1.29, 1.82) is 0 Å². The van der Waals surface area contributed by atoms with Crippen molar-refractivity contribution in [2.75, 3.05) is 5.32 Å². The molecule has 0 amide bonds. The van der Waals surface area contributed by atoms with Gasteiger partial charge >= 0.3 is 0 Å². The highest BCUT2D eigenvalue weighted by Crippen LogP contribution is 2.36. The standard InChI is InChI=1S/C12H11NO3S/c1-2-10(16)17-12-7-5-6-13-11(12)9(15)4-3-8(7)14/h3-6,13-14H,2H2,1H3. The monoisotopic (exact) mass is 249 g/mol.